The first-order valence-corrected chi connectivity index (χ1v) is 6.34. The Morgan fingerprint density at radius 3 is 2.44 bits per heavy atom. The van der Waals surface area contributed by atoms with Crippen LogP contribution in [0.5, 0.6) is 0 Å². The summed E-state index contributed by atoms with van der Waals surface area (Å²) in [6.07, 6.45) is -0.588. The molecule has 1 fully saturated rings. The van der Waals surface area contributed by atoms with E-state index in [0.29, 0.717) is 18.7 Å². The second-order valence-corrected chi connectivity index (χ2v) is 4.80. The van der Waals surface area contributed by atoms with Gasteiger partial charge in [0.05, 0.1) is 0 Å². The summed E-state index contributed by atoms with van der Waals surface area (Å²) in [4.78, 5) is 13.7. The highest BCUT2D eigenvalue weighted by Crippen LogP contribution is 2.28. The van der Waals surface area contributed by atoms with Crippen molar-refractivity contribution < 1.29 is 13.6 Å². The zero-order valence-corrected chi connectivity index (χ0v) is 10.5. The highest BCUT2D eigenvalue weighted by atomic mass is 35.5. The van der Waals surface area contributed by atoms with Crippen LogP contribution in [-0.4, -0.2) is 23.9 Å². The fourth-order valence-corrected chi connectivity index (χ4v) is 2.37. The second-order valence-electron chi connectivity index (χ2n) is 4.37. The van der Waals surface area contributed by atoms with E-state index in [-0.39, 0.29) is 11.5 Å². The van der Waals surface area contributed by atoms with Crippen molar-refractivity contribution in [2.75, 3.05) is 13.1 Å². The minimum Gasteiger partial charge on any atom is -0.341 e. The molecule has 1 aromatic carbocycles. The van der Waals surface area contributed by atoms with Crippen LogP contribution in [0.2, 0.25) is 0 Å². The Bertz CT molecular complexity index is 433. The van der Waals surface area contributed by atoms with E-state index in [9.17, 15) is 13.6 Å². The SMILES string of the molecule is O=C(C(Cl)c1cccc(C(F)F)c1)N1CCCC1. The molecule has 1 aliphatic heterocycles. The molecular weight excluding hydrogens is 260 g/mol. The molecule has 0 radical (unpaired) electrons. The first-order chi connectivity index (χ1) is 8.59. The van der Waals surface area contributed by atoms with Crippen molar-refractivity contribution in [3.63, 3.8) is 0 Å². The summed E-state index contributed by atoms with van der Waals surface area (Å²) in [6.45, 7) is 1.41. The first-order valence-electron chi connectivity index (χ1n) is 5.90. The number of benzene rings is 1. The summed E-state index contributed by atoms with van der Waals surface area (Å²) >= 11 is 6.08. The van der Waals surface area contributed by atoms with Crippen molar-refractivity contribution in [3.05, 3.63) is 35.4 Å². The molecule has 1 saturated heterocycles. The van der Waals surface area contributed by atoms with E-state index in [1.165, 1.54) is 18.2 Å². The molecule has 2 nitrogen and oxygen atoms in total. The van der Waals surface area contributed by atoms with Crippen LogP contribution < -0.4 is 0 Å². The van der Waals surface area contributed by atoms with Gasteiger partial charge < -0.3 is 4.90 Å². The molecule has 1 amide bonds. The van der Waals surface area contributed by atoms with Gasteiger partial charge in [0, 0.05) is 18.7 Å². The van der Waals surface area contributed by atoms with Crippen molar-refractivity contribution in [3.8, 4) is 0 Å². The zero-order valence-electron chi connectivity index (χ0n) is 9.78. The fraction of sp³-hybridized carbons (Fsp3) is 0.462. The van der Waals surface area contributed by atoms with Gasteiger partial charge in [-0.25, -0.2) is 8.78 Å². The van der Waals surface area contributed by atoms with Crippen LogP contribution in [0.25, 0.3) is 0 Å². The molecule has 0 saturated carbocycles. The molecule has 1 aliphatic rings. The topological polar surface area (TPSA) is 20.3 Å². The van der Waals surface area contributed by atoms with E-state index in [0.717, 1.165) is 12.8 Å². The van der Waals surface area contributed by atoms with Crippen LogP contribution in [0, 0.1) is 0 Å². The van der Waals surface area contributed by atoms with Crippen molar-refractivity contribution in [1.82, 2.24) is 4.90 Å². The van der Waals surface area contributed by atoms with Crippen LogP contribution in [-0.2, 0) is 4.79 Å². The largest absolute Gasteiger partial charge is 0.341 e. The maximum atomic E-state index is 12.6. The molecule has 1 unspecified atom stereocenters. The van der Waals surface area contributed by atoms with E-state index in [4.69, 9.17) is 11.6 Å². The molecule has 0 aromatic heterocycles. The lowest BCUT2D eigenvalue weighted by atomic mass is 10.1. The normalized spacial score (nSPS) is 17.2. The number of alkyl halides is 3. The van der Waals surface area contributed by atoms with Crippen molar-refractivity contribution in [2.45, 2.75) is 24.6 Å². The predicted octanol–water partition coefficient (Wildman–Crippen LogP) is 3.53. The summed E-state index contributed by atoms with van der Waals surface area (Å²) in [5, 5.41) is -0.873. The molecule has 2 rings (SSSR count). The molecule has 18 heavy (non-hydrogen) atoms. The number of rotatable bonds is 3. The van der Waals surface area contributed by atoms with Gasteiger partial charge in [0.25, 0.3) is 6.43 Å². The summed E-state index contributed by atoms with van der Waals surface area (Å²) < 4.78 is 25.1. The third-order valence-electron chi connectivity index (χ3n) is 3.09. The molecule has 98 valence electrons. The molecule has 0 N–H and O–H groups in total. The van der Waals surface area contributed by atoms with E-state index in [2.05, 4.69) is 0 Å². The number of halogens is 3. The van der Waals surface area contributed by atoms with Gasteiger partial charge in [-0.15, -0.1) is 11.6 Å². The van der Waals surface area contributed by atoms with Crippen LogP contribution in [0.15, 0.2) is 24.3 Å². The van der Waals surface area contributed by atoms with Crippen LogP contribution in [0.1, 0.15) is 35.8 Å². The maximum Gasteiger partial charge on any atom is 0.263 e. The van der Waals surface area contributed by atoms with E-state index >= 15 is 0 Å². The van der Waals surface area contributed by atoms with Crippen LogP contribution in [0.3, 0.4) is 0 Å². The van der Waals surface area contributed by atoms with Crippen molar-refractivity contribution in [2.24, 2.45) is 0 Å². The Hall–Kier alpha value is -1.16. The van der Waals surface area contributed by atoms with Crippen molar-refractivity contribution in [1.29, 1.82) is 0 Å². The number of nitrogens with zero attached hydrogens (tertiary/aromatic N) is 1. The highest BCUT2D eigenvalue weighted by molar-refractivity contribution is 6.30. The number of amides is 1. The Morgan fingerprint density at radius 1 is 1.22 bits per heavy atom. The second kappa shape index (κ2) is 5.65. The summed E-state index contributed by atoms with van der Waals surface area (Å²) in [5.74, 6) is -0.194. The lowest BCUT2D eigenvalue weighted by molar-refractivity contribution is -0.129. The van der Waals surface area contributed by atoms with E-state index in [1.54, 1.807) is 11.0 Å². The van der Waals surface area contributed by atoms with Gasteiger partial charge in [-0.2, -0.15) is 0 Å². The highest BCUT2D eigenvalue weighted by Gasteiger charge is 2.26. The Morgan fingerprint density at radius 2 is 1.83 bits per heavy atom. The number of hydrogen-bond donors (Lipinski definition) is 0. The van der Waals surface area contributed by atoms with Crippen LogP contribution >= 0.6 is 11.6 Å². The molecular formula is C13H14ClF2NO. The lowest BCUT2D eigenvalue weighted by Crippen LogP contribution is -2.30. The van der Waals surface area contributed by atoms with E-state index in [1.807, 2.05) is 0 Å². The monoisotopic (exact) mass is 273 g/mol. The van der Waals surface area contributed by atoms with Gasteiger partial charge >= 0.3 is 0 Å². The molecule has 1 aromatic rings. The Kier molecular flexibility index (Phi) is 4.17. The van der Waals surface area contributed by atoms with Gasteiger partial charge in [0.1, 0.15) is 5.38 Å². The molecule has 5 heteroatoms. The average Bonchev–Trinajstić information content (AvgIpc) is 2.91. The molecule has 1 atom stereocenters. The van der Waals surface area contributed by atoms with Gasteiger partial charge in [-0.1, -0.05) is 18.2 Å². The van der Waals surface area contributed by atoms with Gasteiger partial charge in [0.15, 0.2) is 0 Å². The van der Waals surface area contributed by atoms with Gasteiger partial charge in [-0.3, -0.25) is 4.79 Å². The average molecular weight is 274 g/mol. The number of carbonyl (C=O) groups excluding carboxylic acids is 1. The van der Waals surface area contributed by atoms with E-state index < -0.39 is 11.8 Å². The standard InChI is InChI=1S/C13H14ClF2NO/c14-11(13(18)17-6-1-2-7-17)9-4-3-5-10(8-9)12(15)16/h3-5,8,11-12H,1-2,6-7H2. The zero-order chi connectivity index (χ0) is 13.1. The van der Waals surface area contributed by atoms with Crippen molar-refractivity contribution >= 4 is 17.5 Å². The smallest absolute Gasteiger partial charge is 0.263 e. The molecule has 0 bridgehead atoms. The molecule has 1 heterocycles. The number of carbonyl (C=O) groups is 1. The molecule has 0 aliphatic carbocycles. The molecule has 0 spiro atoms. The minimum absolute atomic E-state index is 0.104. The third kappa shape index (κ3) is 2.80. The minimum atomic E-state index is -2.55. The lowest BCUT2D eigenvalue weighted by Gasteiger charge is -2.19. The third-order valence-corrected chi connectivity index (χ3v) is 3.53. The summed E-state index contributed by atoms with van der Waals surface area (Å²) in [7, 11) is 0. The van der Waals surface area contributed by atoms with Crippen LogP contribution in [0.4, 0.5) is 8.78 Å². The number of hydrogen-bond acceptors (Lipinski definition) is 1. The first kappa shape index (κ1) is 13.3. The number of likely N-dealkylation sites (tertiary alicyclic amines) is 1. The predicted molar refractivity (Wildman–Crippen MR) is 65.8 cm³/mol. The quantitative estimate of drug-likeness (QED) is 0.772. The fourth-order valence-electron chi connectivity index (χ4n) is 2.09. The maximum absolute atomic E-state index is 12.6. The Labute approximate surface area is 110 Å². The van der Waals surface area contributed by atoms with Gasteiger partial charge in [0.2, 0.25) is 5.91 Å². The summed E-state index contributed by atoms with van der Waals surface area (Å²) in [5.41, 5.74) is 0.332. The van der Waals surface area contributed by atoms with Gasteiger partial charge in [-0.05, 0) is 24.5 Å². The summed E-state index contributed by atoms with van der Waals surface area (Å²) in [6, 6.07) is 5.75. The Balaban J connectivity index is 2.14.